The lowest BCUT2D eigenvalue weighted by Crippen LogP contribution is -2.34. The third-order valence-corrected chi connectivity index (χ3v) is 7.01. The average molecular weight is 460 g/mol. The number of carbonyl (C=O) groups is 1. The number of aryl methyl sites for hydroxylation is 2. The second-order valence-corrected chi connectivity index (χ2v) is 10.2. The lowest BCUT2D eigenvalue weighted by atomic mass is 10.2. The number of hydrogen-bond donors (Lipinski definition) is 3. The van der Waals surface area contributed by atoms with Crippen molar-refractivity contribution in [1.82, 2.24) is 4.72 Å². The summed E-state index contributed by atoms with van der Waals surface area (Å²) in [6, 6.07) is 17.3. The van der Waals surface area contributed by atoms with Crippen molar-refractivity contribution >= 4 is 37.5 Å². The van der Waals surface area contributed by atoms with Gasteiger partial charge < -0.3 is 5.32 Å². The number of rotatable bonds is 6. The van der Waals surface area contributed by atoms with E-state index in [1.54, 1.807) is 24.3 Å². The van der Waals surface area contributed by atoms with Crippen LogP contribution in [0.15, 0.2) is 82.6 Å². The summed E-state index contributed by atoms with van der Waals surface area (Å²) >= 11 is 0. The molecule has 0 radical (unpaired) electrons. The fourth-order valence-corrected chi connectivity index (χ4v) is 4.60. The van der Waals surface area contributed by atoms with E-state index < -0.39 is 26.1 Å². The molecule has 0 aliphatic rings. The van der Waals surface area contributed by atoms with E-state index in [1.807, 2.05) is 18.6 Å². The number of benzene rings is 3. The summed E-state index contributed by atoms with van der Waals surface area (Å²) in [5, 5.41) is 2.39. The number of nitrogens with one attached hydrogen (secondary N) is 3. The summed E-state index contributed by atoms with van der Waals surface area (Å²) < 4.78 is 54.0. The van der Waals surface area contributed by atoms with Crippen molar-refractivity contribution in [2.24, 2.45) is 0 Å². The van der Waals surface area contributed by atoms with Gasteiger partial charge in [-0.2, -0.15) is 0 Å². The fraction of sp³-hybridized carbons (Fsp3) is 0.0952. The molecule has 0 atom stereocenters. The highest BCUT2D eigenvalue weighted by molar-refractivity contribution is 7.92. The molecular formula is C21H21N3O5S2. The molecule has 0 heterocycles. The lowest BCUT2D eigenvalue weighted by Gasteiger charge is -2.11. The molecule has 8 nitrogen and oxygen atoms in total. The molecule has 3 aromatic carbocycles. The largest absolute Gasteiger partial charge is 0.333 e. The quantitative estimate of drug-likeness (QED) is 0.520. The zero-order chi connectivity index (χ0) is 22.6. The van der Waals surface area contributed by atoms with Crippen LogP contribution in [0, 0.1) is 13.8 Å². The standard InChI is InChI=1S/C21H21N3O5S2/c1-15-6-10-19(11-7-15)30(26,27)23-18-5-3-4-17(14-18)22-21(25)24-31(28,29)20-12-8-16(2)9-13-20/h3-14,23H,1-2H3,(H2,22,24,25). The van der Waals surface area contributed by atoms with Gasteiger partial charge in [0.15, 0.2) is 0 Å². The molecule has 0 aliphatic carbocycles. The number of hydrogen-bond acceptors (Lipinski definition) is 5. The van der Waals surface area contributed by atoms with Crippen molar-refractivity contribution < 1.29 is 21.6 Å². The Kier molecular flexibility index (Phi) is 6.32. The Morgan fingerprint density at radius 2 is 1.16 bits per heavy atom. The first kappa shape index (κ1) is 22.3. The first-order valence-corrected chi connectivity index (χ1v) is 12.1. The number of urea groups is 1. The third kappa shape index (κ3) is 5.83. The number of anilines is 2. The maximum absolute atomic E-state index is 12.5. The summed E-state index contributed by atoms with van der Waals surface area (Å²) in [4.78, 5) is 12.2. The summed E-state index contributed by atoms with van der Waals surface area (Å²) in [6.45, 7) is 3.67. The molecule has 3 aromatic rings. The van der Waals surface area contributed by atoms with E-state index in [0.717, 1.165) is 11.1 Å². The normalized spacial score (nSPS) is 11.5. The molecule has 0 fully saturated rings. The van der Waals surface area contributed by atoms with Gasteiger partial charge >= 0.3 is 6.03 Å². The van der Waals surface area contributed by atoms with Crippen LogP contribution >= 0.6 is 0 Å². The Morgan fingerprint density at radius 3 is 1.71 bits per heavy atom. The average Bonchev–Trinajstić information content (AvgIpc) is 2.68. The van der Waals surface area contributed by atoms with Crippen LogP contribution < -0.4 is 14.8 Å². The van der Waals surface area contributed by atoms with Crippen LogP contribution in [0.3, 0.4) is 0 Å². The zero-order valence-corrected chi connectivity index (χ0v) is 18.4. The van der Waals surface area contributed by atoms with Crippen molar-refractivity contribution in [2.45, 2.75) is 23.6 Å². The Morgan fingerprint density at radius 1 is 0.677 bits per heavy atom. The molecule has 0 saturated carbocycles. The minimum absolute atomic E-state index is 0.0483. The fourth-order valence-electron chi connectivity index (χ4n) is 2.65. The lowest BCUT2D eigenvalue weighted by molar-refractivity contribution is 0.256. The molecule has 0 unspecified atom stereocenters. The summed E-state index contributed by atoms with van der Waals surface area (Å²) in [5.41, 5.74) is 2.23. The molecule has 3 N–H and O–H groups in total. The van der Waals surface area contributed by atoms with Crippen molar-refractivity contribution in [3.63, 3.8) is 0 Å². The molecule has 0 aliphatic heterocycles. The Hall–Kier alpha value is -3.37. The Labute approximate surface area is 181 Å². The van der Waals surface area contributed by atoms with Gasteiger partial charge in [0.1, 0.15) is 0 Å². The topological polar surface area (TPSA) is 121 Å². The second-order valence-electron chi connectivity index (χ2n) is 6.87. The van der Waals surface area contributed by atoms with Crippen molar-refractivity contribution in [3.8, 4) is 0 Å². The minimum atomic E-state index is -4.05. The highest BCUT2D eigenvalue weighted by Crippen LogP contribution is 2.20. The van der Waals surface area contributed by atoms with Gasteiger partial charge in [0.2, 0.25) is 0 Å². The predicted molar refractivity (Wildman–Crippen MR) is 119 cm³/mol. The van der Waals surface area contributed by atoms with Crippen LogP contribution in [0.2, 0.25) is 0 Å². The van der Waals surface area contributed by atoms with Gasteiger partial charge in [-0.3, -0.25) is 4.72 Å². The van der Waals surface area contributed by atoms with E-state index in [4.69, 9.17) is 0 Å². The Balaban J connectivity index is 1.70. The monoisotopic (exact) mass is 459 g/mol. The van der Waals surface area contributed by atoms with E-state index in [-0.39, 0.29) is 21.2 Å². The maximum Gasteiger partial charge on any atom is 0.333 e. The van der Waals surface area contributed by atoms with E-state index in [1.165, 1.54) is 48.5 Å². The van der Waals surface area contributed by atoms with Crippen LogP contribution in [0.4, 0.5) is 16.2 Å². The van der Waals surface area contributed by atoms with Crippen molar-refractivity contribution in [3.05, 3.63) is 83.9 Å². The van der Waals surface area contributed by atoms with Crippen LogP contribution in [-0.4, -0.2) is 22.9 Å². The predicted octanol–water partition coefficient (Wildman–Crippen LogP) is 3.61. The molecule has 0 bridgehead atoms. The molecule has 2 amide bonds. The molecule has 10 heteroatoms. The van der Waals surface area contributed by atoms with Gasteiger partial charge in [-0.1, -0.05) is 41.5 Å². The van der Waals surface area contributed by atoms with Crippen LogP contribution in [-0.2, 0) is 20.0 Å². The summed E-state index contributed by atoms with van der Waals surface area (Å²) in [7, 11) is -7.87. The second kappa shape index (κ2) is 8.78. The summed E-state index contributed by atoms with van der Waals surface area (Å²) in [6.07, 6.45) is 0. The van der Waals surface area contributed by atoms with Gasteiger partial charge in [0.25, 0.3) is 20.0 Å². The van der Waals surface area contributed by atoms with Crippen LogP contribution in [0.25, 0.3) is 0 Å². The van der Waals surface area contributed by atoms with Gasteiger partial charge in [-0.25, -0.2) is 26.4 Å². The van der Waals surface area contributed by atoms with Crippen molar-refractivity contribution in [1.29, 1.82) is 0 Å². The van der Waals surface area contributed by atoms with E-state index in [2.05, 4.69) is 10.0 Å². The first-order chi connectivity index (χ1) is 14.5. The van der Waals surface area contributed by atoms with Crippen LogP contribution in [0.1, 0.15) is 11.1 Å². The minimum Gasteiger partial charge on any atom is -0.307 e. The van der Waals surface area contributed by atoms with Gasteiger partial charge in [-0.15, -0.1) is 0 Å². The van der Waals surface area contributed by atoms with Crippen molar-refractivity contribution in [2.75, 3.05) is 10.0 Å². The molecule has 0 saturated heterocycles. The molecule has 162 valence electrons. The van der Waals surface area contributed by atoms with Crippen LogP contribution in [0.5, 0.6) is 0 Å². The first-order valence-electron chi connectivity index (χ1n) is 9.15. The zero-order valence-electron chi connectivity index (χ0n) is 16.8. The molecule has 0 aromatic heterocycles. The van der Waals surface area contributed by atoms with E-state index >= 15 is 0 Å². The SMILES string of the molecule is Cc1ccc(S(=O)(=O)NC(=O)Nc2cccc(NS(=O)(=O)c3ccc(C)cc3)c2)cc1. The molecule has 31 heavy (non-hydrogen) atoms. The molecule has 3 rings (SSSR count). The smallest absolute Gasteiger partial charge is 0.307 e. The molecular weight excluding hydrogens is 438 g/mol. The number of carbonyl (C=O) groups excluding carboxylic acids is 1. The number of sulfonamides is 2. The number of amides is 2. The highest BCUT2D eigenvalue weighted by atomic mass is 32.2. The Bertz CT molecular complexity index is 1300. The van der Waals surface area contributed by atoms with Gasteiger partial charge in [0.05, 0.1) is 15.5 Å². The van der Waals surface area contributed by atoms with E-state index in [9.17, 15) is 21.6 Å². The summed E-state index contributed by atoms with van der Waals surface area (Å²) in [5.74, 6) is 0. The highest BCUT2D eigenvalue weighted by Gasteiger charge is 2.18. The molecule has 0 spiro atoms. The van der Waals surface area contributed by atoms with Gasteiger partial charge in [-0.05, 0) is 56.3 Å². The third-order valence-electron chi connectivity index (χ3n) is 4.26. The van der Waals surface area contributed by atoms with E-state index in [0.29, 0.717) is 0 Å². The van der Waals surface area contributed by atoms with Gasteiger partial charge in [0, 0.05) is 5.69 Å². The maximum atomic E-state index is 12.5.